The second kappa shape index (κ2) is 6.87. The number of carbonyl (C=O) groups excluding carboxylic acids is 1. The van der Waals surface area contributed by atoms with E-state index in [0.29, 0.717) is 5.16 Å². The van der Waals surface area contributed by atoms with Crippen LogP contribution in [0.4, 0.5) is 11.5 Å². The molecule has 0 aliphatic rings. The van der Waals surface area contributed by atoms with Crippen LogP contribution >= 0.6 is 11.8 Å². The molecule has 7 heteroatoms. The van der Waals surface area contributed by atoms with Crippen LogP contribution in [0.3, 0.4) is 0 Å². The first-order valence-corrected chi connectivity index (χ1v) is 8.06. The number of nitrogens with zero attached hydrogens (tertiary/aromatic N) is 1. The number of nitrogen functional groups attached to an aromatic ring is 1. The van der Waals surface area contributed by atoms with Crippen molar-refractivity contribution in [2.45, 2.75) is 38.1 Å². The van der Waals surface area contributed by atoms with Gasteiger partial charge in [-0.25, -0.2) is 4.98 Å². The molecule has 1 aromatic heterocycles. The Morgan fingerprint density at radius 1 is 1.26 bits per heavy atom. The van der Waals surface area contributed by atoms with Crippen LogP contribution in [0, 0.1) is 20.8 Å². The Kier molecular flexibility index (Phi) is 5.10. The van der Waals surface area contributed by atoms with E-state index in [1.54, 1.807) is 6.92 Å². The maximum Gasteiger partial charge on any atom is 0.253 e. The summed E-state index contributed by atoms with van der Waals surface area (Å²) in [5.74, 6) is -0.0239. The van der Waals surface area contributed by atoms with Crippen molar-refractivity contribution in [1.82, 2.24) is 9.97 Å². The summed E-state index contributed by atoms with van der Waals surface area (Å²) in [4.78, 5) is 30.4. The highest BCUT2D eigenvalue weighted by molar-refractivity contribution is 8.00. The van der Waals surface area contributed by atoms with Crippen molar-refractivity contribution in [3.63, 3.8) is 0 Å². The van der Waals surface area contributed by atoms with E-state index in [4.69, 9.17) is 5.73 Å². The minimum atomic E-state index is -0.431. The van der Waals surface area contributed by atoms with Crippen LogP contribution in [0.5, 0.6) is 0 Å². The van der Waals surface area contributed by atoms with Gasteiger partial charge in [0.1, 0.15) is 5.82 Å². The van der Waals surface area contributed by atoms with Gasteiger partial charge in [0.15, 0.2) is 5.16 Å². The largest absolute Gasteiger partial charge is 0.383 e. The summed E-state index contributed by atoms with van der Waals surface area (Å²) < 4.78 is 0. The van der Waals surface area contributed by atoms with Gasteiger partial charge < -0.3 is 16.0 Å². The molecular weight excluding hydrogens is 312 g/mol. The fourth-order valence-corrected chi connectivity index (χ4v) is 3.15. The Hall–Kier alpha value is -2.28. The zero-order valence-corrected chi connectivity index (χ0v) is 14.4. The summed E-state index contributed by atoms with van der Waals surface area (Å²) in [6, 6.07) is 5.25. The molecule has 1 aromatic carbocycles. The van der Waals surface area contributed by atoms with Gasteiger partial charge in [0, 0.05) is 11.8 Å². The lowest BCUT2D eigenvalue weighted by Crippen LogP contribution is -2.24. The fraction of sp³-hybridized carbons (Fsp3) is 0.312. The number of benzene rings is 1. The first kappa shape index (κ1) is 17.1. The van der Waals surface area contributed by atoms with E-state index < -0.39 is 5.25 Å². The van der Waals surface area contributed by atoms with Gasteiger partial charge in [0.05, 0.1) is 5.25 Å². The predicted molar refractivity (Wildman–Crippen MR) is 93.9 cm³/mol. The normalized spacial score (nSPS) is 12.0. The van der Waals surface area contributed by atoms with E-state index in [1.165, 1.54) is 6.07 Å². The number of aromatic amines is 1. The summed E-state index contributed by atoms with van der Waals surface area (Å²) in [7, 11) is 0. The van der Waals surface area contributed by atoms with Gasteiger partial charge in [-0.1, -0.05) is 29.5 Å². The van der Waals surface area contributed by atoms with Crippen molar-refractivity contribution in [1.29, 1.82) is 0 Å². The lowest BCUT2D eigenvalue weighted by atomic mass is 10.1. The molecule has 6 nitrogen and oxygen atoms in total. The lowest BCUT2D eigenvalue weighted by molar-refractivity contribution is -0.115. The van der Waals surface area contributed by atoms with Crippen LogP contribution in [-0.2, 0) is 4.79 Å². The van der Waals surface area contributed by atoms with E-state index in [9.17, 15) is 9.59 Å². The molecule has 2 rings (SSSR count). The quantitative estimate of drug-likeness (QED) is 0.589. The maximum atomic E-state index is 12.4. The standard InChI is InChI=1S/C16H20N4O2S/c1-8-5-9(2)14(10(3)6-8)20-15(22)11(4)23-16-18-12(17)7-13(21)19-16/h5-7,11H,1-4H3,(H,20,22)(H3,17,18,19,21). The summed E-state index contributed by atoms with van der Waals surface area (Å²) in [6.07, 6.45) is 0. The van der Waals surface area contributed by atoms with Crippen molar-refractivity contribution < 1.29 is 4.79 Å². The Morgan fingerprint density at radius 3 is 2.43 bits per heavy atom. The van der Waals surface area contributed by atoms with E-state index in [1.807, 2.05) is 32.9 Å². The number of aromatic nitrogens is 2. The fourth-order valence-electron chi connectivity index (χ4n) is 2.33. The van der Waals surface area contributed by atoms with Crippen LogP contribution in [-0.4, -0.2) is 21.1 Å². The van der Waals surface area contributed by atoms with Gasteiger partial charge in [0.2, 0.25) is 5.91 Å². The first-order valence-electron chi connectivity index (χ1n) is 7.18. The molecule has 23 heavy (non-hydrogen) atoms. The zero-order chi connectivity index (χ0) is 17.1. The molecule has 1 unspecified atom stereocenters. The molecule has 1 heterocycles. The Morgan fingerprint density at radius 2 is 1.87 bits per heavy atom. The maximum absolute atomic E-state index is 12.4. The SMILES string of the molecule is Cc1cc(C)c(NC(=O)C(C)Sc2nc(N)cc(=O)[nH]2)c(C)c1. The van der Waals surface area contributed by atoms with Gasteiger partial charge in [-0.05, 0) is 38.8 Å². The van der Waals surface area contributed by atoms with E-state index in [0.717, 1.165) is 34.1 Å². The van der Waals surface area contributed by atoms with E-state index in [2.05, 4.69) is 15.3 Å². The number of hydrogen-bond donors (Lipinski definition) is 3. The van der Waals surface area contributed by atoms with Crippen LogP contribution in [0.2, 0.25) is 0 Å². The van der Waals surface area contributed by atoms with Crippen LogP contribution in [0.1, 0.15) is 23.6 Å². The van der Waals surface area contributed by atoms with Crippen LogP contribution in [0.15, 0.2) is 28.2 Å². The number of carbonyl (C=O) groups is 1. The van der Waals surface area contributed by atoms with Crippen molar-refractivity contribution >= 4 is 29.2 Å². The van der Waals surface area contributed by atoms with Gasteiger partial charge in [-0.2, -0.15) is 0 Å². The summed E-state index contributed by atoms with van der Waals surface area (Å²) in [6.45, 7) is 7.70. The molecule has 0 saturated heterocycles. The predicted octanol–water partition coefficient (Wildman–Crippen LogP) is 2.40. The second-order valence-electron chi connectivity index (χ2n) is 5.50. The van der Waals surface area contributed by atoms with Gasteiger partial charge >= 0.3 is 0 Å². The topological polar surface area (TPSA) is 101 Å². The molecule has 4 N–H and O–H groups in total. The number of anilines is 2. The smallest absolute Gasteiger partial charge is 0.253 e. The van der Waals surface area contributed by atoms with E-state index >= 15 is 0 Å². The highest BCUT2D eigenvalue weighted by Crippen LogP contribution is 2.25. The molecular formula is C16H20N4O2S. The van der Waals surface area contributed by atoms with Crippen molar-refractivity contribution in [3.05, 3.63) is 45.2 Å². The number of nitrogens with two attached hydrogens (primary N) is 1. The summed E-state index contributed by atoms with van der Waals surface area (Å²) >= 11 is 1.16. The lowest BCUT2D eigenvalue weighted by Gasteiger charge is -2.16. The van der Waals surface area contributed by atoms with Crippen molar-refractivity contribution in [2.75, 3.05) is 11.1 Å². The molecule has 0 radical (unpaired) electrons. The van der Waals surface area contributed by atoms with Crippen molar-refractivity contribution in [3.8, 4) is 0 Å². The highest BCUT2D eigenvalue weighted by Gasteiger charge is 2.18. The number of nitrogens with one attached hydrogen (secondary N) is 2. The Labute approximate surface area is 138 Å². The minimum absolute atomic E-state index is 0.133. The molecule has 0 fully saturated rings. The van der Waals surface area contributed by atoms with Gasteiger partial charge in [0.25, 0.3) is 5.56 Å². The molecule has 0 bridgehead atoms. The first-order chi connectivity index (χ1) is 10.8. The number of rotatable bonds is 4. The molecule has 0 saturated carbocycles. The molecule has 122 valence electrons. The molecule has 1 atom stereocenters. The summed E-state index contributed by atoms with van der Waals surface area (Å²) in [5, 5.41) is 2.84. The van der Waals surface area contributed by atoms with Crippen LogP contribution < -0.4 is 16.6 Å². The average molecular weight is 332 g/mol. The third-order valence-electron chi connectivity index (χ3n) is 3.32. The molecule has 2 aromatic rings. The van der Waals surface area contributed by atoms with Gasteiger partial charge in [-0.3, -0.25) is 9.59 Å². The molecule has 0 aliphatic carbocycles. The van der Waals surface area contributed by atoms with Gasteiger partial charge in [-0.15, -0.1) is 0 Å². The molecule has 0 aliphatic heterocycles. The molecule has 1 amide bonds. The third kappa shape index (κ3) is 4.35. The van der Waals surface area contributed by atoms with Crippen molar-refractivity contribution in [2.24, 2.45) is 0 Å². The highest BCUT2D eigenvalue weighted by atomic mass is 32.2. The minimum Gasteiger partial charge on any atom is -0.383 e. The zero-order valence-electron chi connectivity index (χ0n) is 13.6. The average Bonchev–Trinajstić information content (AvgIpc) is 2.41. The Balaban J connectivity index is 2.13. The monoisotopic (exact) mass is 332 g/mol. The van der Waals surface area contributed by atoms with Crippen LogP contribution in [0.25, 0.3) is 0 Å². The summed E-state index contributed by atoms with van der Waals surface area (Å²) in [5.41, 5.74) is 9.22. The molecule has 0 spiro atoms. The third-order valence-corrected chi connectivity index (χ3v) is 4.31. The Bertz CT molecular complexity index is 778. The van der Waals surface area contributed by atoms with E-state index in [-0.39, 0.29) is 17.3 Å². The number of amides is 1. The number of H-pyrrole nitrogens is 1. The number of aryl methyl sites for hydroxylation is 3. The number of thioether (sulfide) groups is 1. The second-order valence-corrected chi connectivity index (χ2v) is 6.83. The number of hydrogen-bond acceptors (Lipinski definition) is 5.